The molecule has 0 spiro atoms. The third kappa shape index (κ3) is 3.52. The number of anilines is 1. The van der Waals surface area contributed by atoms with Crippen LogP contribution in [0.5, 0.6) is 5.75 Å². The third-order valence-corrected chi connectivity index (χ3v) is 3.26. The predicted octanol–water partition coefficient (Wildman–Crippen LogP) is 4.27. The molecule has 0 saturated heterocycles. The van der Waals surface area contributed by atoms with E-state index < -0.39 is 0 Å². The average molecular weight is 311 g/mol. The number of hydrogen-bond donors (Lipinski definition) is 2. The van der Waals surface area contributed by atoms with Crippen molar-refractivity contribution in [3.63, 3.8) is 0 Å². The van der Waals surface area contributed by atoms with Crippen molar-refractivity contribution in [1.82, 2.24) is 4.98 Å². The van der Waals surface area contributed by atoms with E-state index in [-0.39, 0.29) is 22.4 Å². The van der Waals surface area contributed by atoms with Gasteiger partial charge in [0, 0.05) is 18.0 Å². The number of rotatable bonds is 4. The first-order chi connectivity index (χ1) is 9.60. The first kappa shape index (κ1) is 14.4. The Labute approximate surface area is 124 Å². The van der Waals surface area contributed by atoms with Crippen LogP contribution in [0, 0.1) is 0 Å². The standard InChI is InChI=1S/C12H11ClN4O2S/c1-2-10(18)15-9-6-7(5-8(13)11(9)19)16-17-12-14-3-4-20-12/h3-6,19H,2H2,1H3,(H,15,18). The highest BCUT2D eigenvalue weighted by atomic mass is 35.5. The van der Waals surface area contributed by atoms with Crippen LogP contribution < -0.4 is 5.32 Å². The van der Waals surface area contributed by atoms with Gasteiger partial charge in [-0.1, -0.05) is 18.5 Å². The number of nitrogens with zero attached hydrogens (tertiary/aromatic N) is 3. The van der Waals surface area contributed by atoms with Gasteiger partial charge in [-0.05, 0) is 12.1 Å². The molecule has 0 atom stereocenters. The van der Waals surface area contributed by atoms with Gasteiger partial charge in [-0.15, -0.1) is 21.6 Å². The maximum absolute atomic E-state index is 11.4. The summed E-state index contributed by atoms with van der Waals surface area (Å²) < 4.78 is 0. The van der Waals surface area contributed by atoms with Gasteiger partial charge in [0.1, 0.15) is 0 Å². The first-order valence-corrected chi connectivity index (χ1v) is 6.99. The van der Waals surface area contributed by atoms with Gasteiger partial charge >= 0.3 is 0 Å². The van der Waals surface area contributed by atoms with Crippen molar-refractivity contribution in [2.24, 2.45) is 10.2 Å². The summed E-state index contributed by atoms with van der Waals surface area (Å²) in [6.07, 6.45) is 1.91. The normalized spacial score (nSPS) is 10.9. The number of carbonyl (C=O) groups excluding carboxylic acids is 1. The van der Waals surface area contributed by atoms with Gasteiger partial charge in [0.2, 0.25) is 11.0 Å². The molecule has 0 unspecified atom stereocenters. The van der Waals surface area contributed by atoms with E-state index in [0.717, 1.165) is 0 Å². The number of benzene rings is 1. The summed E-state index contributed by atoms with van der Waals surface area (Å²) in [5.74, 6) is -0.424. The Hall–Kier alpha value is -1.99. The highest BCUT2D eigenvalue weighted by Crippen LogP contribution is 2.37. The molecular formula is C12H11ClN4O2S. The molecule has 1 aromatic heterocycles. The van der Waals surface area contributed by atoms with E-state index in [4.69, 9.17) is 11.6 Å². The molecule has 1 aromatic carbocycles. The zero-order valence-corrected chi connectivity index (χ0v) is 12.1. The Balaban J connectivity index is 2.28. The van der Waals surface area contributed by atoms with Crippen LogP contribution in [-0.4, -0.2) is 16.0 Å². The van der Waals surface area contributed by atoms with Crippen LogP contribution in [0.1, 0.15) is 13.3 Å². The van der Waals surface area contributed by atoms with Crippen molar-refractivity contribution in [3.8, 4) is 5.75 Å². The van der Waals surface area contributed by atoms with Gasteiger partial charge < -0.3 is 10.4 Å². The van der Waals surface area contributed by atoms with Gasteiger partial charge in [0.15, 0.2) is 5.75 Å². The fourth-order valence-corrected chi connectivity index (χ4v) is 2.01. The Morgan fingerprint density at radius 2 is 2.30 bits per heavy atom. The molecule has 104 valence electrons. The van der Waals surface area contributed by atoms with Crippen LogP contribution in [0.4, 0.5) is 16.5 Å². The molecule has 2 rings (SSSR count). The van der Waals surface area contributed by atoms with Crippen molar-refractivity contribution in [2.75, 3.05) is 5.32 Å². The largest absolute Gasteiger partial charge is 0.504 e. The minimum absolute atomic E-state index is 0.0898. The fourth-order valence-electron chi connectivity index (χ4n) is 1.34. The summed E-state index contributed by atoms with van der Waals surface area (Å²) in [5.41, 5.74) is 0.617. The molecular weight excluding hydrogens is 300 g/mol. The van der Waals surface area contributed by atoms with Gasteiger partial charge in [-0.25, -0.2) is 4.98 Å². The number of aromatic nitrogens is 1. The van der Waals surface area contributed by atoms with E-state index in [1.54, 1.807) is 18.5 Å². The quantitative estimate of drug-likeness (QED) is 0.653. The van der Waals surface area contributed by atoms with Crippen LogP contribution in [-0.2, 0) is 4.79 Å². The number of phenols is 1. The predicted molar refractivity (Wildman–Crippen MR) is 78.3 cm³/mol. The van der Waals surface area contributed by atoms with E-state index in [1.807, 2.05) is 0 Å². The Morgan fingerprint density at radius 1 is 1.50 bits per heavy atom. The monoisotopic (exact) mass is 310 g/mol. The van der Waals surface area contributed by atoms with Crippen molar-refractivity contribution in [3.05, 3.63) is 28.7 Å². The number of carbonyl (C=O) groups is 1. The molecule has 0 aliphatic rings. The van der Waals surface area contributed by atoms with Crippen LogP contribution in [0.3, 0.4) is 0 Å². The zero-order chi connectivity index (χ0) is 14.5. The van der Waals surface area contributed by atoms with Gasteiger partial charge in [-0.3, -0.25) is 4.79 Å². The molecule has 1 heterocycles. The van der Waals surface area contributed by atoms with E-state index in [0.29, 0.717) is 17.2 Å². The number of halogens is 1. The molecule has 2 N–H and O–H groups in total. The smallest absolute Gasteiger partial charge is 0.229 e. The Kier molecular flexibility index (Phi) is 4.65. The lowest BCUT2D eigenvalue weighted by atomic mass is 10.2. The summed E-state index contributed by atoms with van der Waals surface area (Å²) in [4.78, 5) is 15.3. The molecule has 8 heteroatoms. The molecule has 0 aliphatic heterocycles. The molecule has 6 nitrogen and oxygen atoms in total. The second kappa shape index (κ2) is 6.44. The number of aromatic hydroxyl groups is 1. The maximum Gasteiger partial charge on any atom is 0.229 e. The molecule has 0 fully saturated rings. The van der Waals surface area contributed by atoms with Crippen LogP contribution in [0.2, 0.25) is 5.02 Å². The zero-order valence-electron chi connectivity index (χ0n) is 10.5. The van der Waals surface area contributed by atoms with Gasteiger partial charge in [0.05, 0.1) is 16.4 Å². The van der Waals surface area contributed by atoms with Crippen molar-refractivity contribution < 1.29 is 9.90 Å². The highest BCUT2D eigenvalue weighted by molar-refractivity contribution is 7.13. The number of amides is 1. The van der Waals surface area contributed by atoms with Crippen molar-refractivity contribution >= 4 is 45.4 Å². The summed E-state index contributed by atoms with van der Waals surface area (Å²) in [6.45, 7) is 1.71. The van der Waals surface area contributed by atoms with Crippen molar-refractivity contribution in [2.45, 2.75) is 13.3 Å². The molecule has 1 amide bonds. The molecule has 2 aromatic rings. The molecule has 0 saturated carbocycles. The number of phenolic OH excluding ortho intramolecular Hbond substituents is 1. The Morgan fingerprint density at radius 3 is 2.95 bits per heavy atom. The molecule has 0 bridgehead atoms. The summed E-state index contributed by atoms with van der Waals surface area (Å²) in [6, 6.07) is 2.95. The van der Waals surface area contributed by atoms with Crippen LogP contribution in [0.15, 0.2) is 33.9 Å². The van der Waals surface area contributed by atoms with E-state index in [2.05, 4.69) is 20.5 Å². The topological polar surface area (TPSA) is 86.9 Å². The number of nitrogens with one attached hydrogen (secondary N) is 1. The minimum Gasteiger partial charge on any atom is -0.504 e. The molecule has 20 heavy (non-hydrogen) atoms. The molecule has 0 aliphatic carbocycles. The molecule has 0 radical (unpaired) electrons. The first-order valence-electron chi connectivity index (χ1n) is 5.73. The number of hydrogen-bond acceptors (Lipinski definition) is 6. The van der Waals surface area contributed by atoms with Crippen LogP contribution >= 0.6 is 22.9 Å². The van der Waals surface area contributed by atoms with Gasteiger partial charge in [0.25, 0.3) is 0 Å². The summed E-state index contributed by atoms with van der Waals surface area (Å²) >= 11 is 7.23. The van der Waals surface area contributed by atoms with E-state index in [9.17, 15) is 9.90 Å². The van der Waals surface area contributed by atoms with Crippen LogP contribution in [0.25, 0.3) is 0 Å². The van der Waals surface area contributed by atoms with Crippen molar-refractivity contribution in [1.29, 1.82) is 0 Å². The summed E-state index contributed by atoms with van der Waals surface area (Å²) in [5, 5.41) is 22.6. The number of thiazole rings is 1. The van der Waals surface area contributed by atoms with E-state index >= 15 is 0 Å². The number of azo groups is 1. The highest BCUT2D eigenvalue weighted by Gasteiger charge is 2.10. The van der Waals surface area contributed by atoms with E-state index in [1.165, 1.54) is 23.5 Å². The second-order valence-corrected chi connectivity index (χ2v) is 5.02. The SMILES string of the molecule is CCC(=O)Nc1cc(N=Nc2nccs2)cc(Cl)c1O. The average Bonchev–Trinajstić information content (AvgIpc) is 2.94. The lowest BCUT2D eigenvalue weighted by molar-refractivity contribution is -0.115. The lowest BCUT2D eigenvalue weighted by Gasteiger charge is -2.08. The minimum atomic E-state index is -0.231. The van der Waals surface area contributed by atoms with Gasteiger partial charge in [-0.2, -0.15) is 0 Å². The second-order valence-electron chi connectivity index (χ2n) is 3.74. The maximum atomic E-state index is 11.4. The lowest BCUT2D eigenvalue weighted by Crippen LogP contribution is -2.09. The fraction of sp³-hybridized carbons (Fsp3) is 0.167. The third-order valence-electron chi connectivity index (χ3n) is 2.31. The summed E-state index contributed by atoms with van der Waals surface area (Å²) in [7, 11) is 0. The Bertz CT molecular complexity index is 643.